The Bertz CT molecular complexity index is 1030. The Kier molecular flexibility index (Phi) is 4.84. The van der Waals surface area contributed by atoms with Gasteiger partial charge in [0.15, 0.2) is 0 Å². The largest absolute Gasteiger partial charge is 0.494 e. The summed E-state index contributed by atoms with van der Waals surface area (Å²) in [6.07, 6.45) is 0.942. The SMILES string of the molecule is [C-]#[N+]c1ccc(Cn2c(N3CC[C@@H](F)[C@H](N)C3)nc3c(OC)cccc32)nc1. The predicted octanol–water partition coefficient (Wildman–Crippen LogP) is 2.91. The zero-order chi connectivity index (χ0) is 19.7. The number of imidazole rings is 1. The molecule has 1 aromatic carbocycles. The number of rotatable bonds is 4. The van der Waals surface area contributed by atoms with Crippen LogP contribution in [0.1, 0.15) is 12.1 Å². The molecule has 0 aliphatic carbocycles. The van der Waals surface area contributed by atoms with Gasteiger partial charge in [-0.3, -0.25) is 4.98 Å². The quantitative estimate of drug-likeness (QED) is 0.705. The monoisotopic (exact) mass is 380 g/mol. The molecule has 1 aliphatic heterocycles. The molecule has 1 aliphatic rings. The first-order chi connectivity index (χ1) is 13.6. The van der Waals surface area contributed by atoms with E-state index in [1.807, 2.05) is 33.7 Å². The maximum absolute atomic E-state index is 13.9. The van der Waals surface area contributed by atoms with Crippen LogP contribution in [0.3, 0.4) is 0 Å². The highest BCUT2D eigenvalue weighted by Gasteiger charge is 2.29. The smallest absolute Gasteiger partial charge is 0.207 e. The first-order valence-electron chi connectivity index (χ1n) is 9.11. The first-order valence-corrected chi connectivity index (χ1v) is 9.11. The molecule has 0 amide bonds. The molecule has 0 spiro atoms. The van der Waals surface area contributed by atoms with Crippen LogP contribution in [0.5, 0.6) is 5.75 Å². The number of ether oxygens (including phenoxy) is 1. The van der Waals surface area contributed by atoms with Gasteiger partial charge in [-0.15, -0.1) is 0 Å². The van der Waals surface area contributed by atoms with Gasteiger partial charge < -0.3 is 19.9 Å². The Balaban J connectivity index is 1.78. The average Bonchev–Trinajstić information content (AvgIpc) is 3.09. The lowest BCUT2D eigenvalue weighted by atomic mass is 10.1. The Morgan fingerprint density at radius 1 is 1.36 bits per heavy atom. The first kappa shape index (κ1) is 18.2. The highest BCUT2D eigenvalue weighted by molar-refractivity contribution is 5.85. The van der Waals surface area contributed by atoms with Gasteiger partial charge in [0.05, 0.1) is 37.5 Å². The standard InChI is InChI=1S/C20H21FN6O/c1-23-13-6-7-14(24-10-13)11-27-17-4-3-5-18(28-2)19(17)25-20(27)26-9-8-15(21)16(22)12-26/h3-7,10,15-16H,8-9,11-12,22H2,2H3/t15-,16-/m1/s1. The summed E-state index contributed by atoms with van der Waals surface area (Å²) in [5.74, 6) is 1.40. The molecule has 0 unspecified atom stereocenters. The van der Waals surface area contributed by atoms with Crippen molar-refractivity contribution in [1.29, 1.82) is 0 Å². The van der Waals surface area contributed by atoms with Gasteiger partial charge in [-0.2, -0.15) is 0 Å². The predicted molar refractivity (Wildman–Crippen MR) is 106 cm³/mol. The molecule has 0 saturated carbocycles. The molecule has 1 saturated heterocycles. The number of fused-ring (bicyclic) bond motifs is 1. The van der Waals surface area contributed by atoms with E-state index in [4.69, 9.17) is 22.0 Å². The Morgan fingerprint density at radius 2 is 2.21 bits per heavy atom. The number of hydrogen-bond donors (Lipinski definition) is 1. The fraction of sp³-hybridized carbons (Fsp3) is 0.350. The van der Waals surface area contributed by atoms with Crippen LogP contribution < -0.4 is 15.4 Å². The van der Waals surface area contributed by atoms with Crippen molar-refractivity contribution in [2.24, 2.45) is 5.73 Å². The number of halogens is 1. The minimum absolute atomic E-state index is 0.374. The number of aromatic nitrogens is 3. The summed E-state index contributed by atoms with van der Waals surface area (Å²) >= 11 is 0. The van der Waals surface area contributed by atoms with Gasteiger partial charge >= 0.3 is 0 Å². The summed E-state index contributed by atoms with van der Waals surface area (Å²) in [4.78, 5) is 14.6. The number of nitrogens with two attached hydrogens (primary N) is 1. The van der Waals surface area contributed by atoms with Crippen LogP contribution in [-0.4, -0.2) is 46.9 Å². The number of nitrogens with zero attached hydrogens (tertiary/aromatic N) is 5. The molecule has 2 atom stereocenters. The third-order valence-electron chi connectivity index (χ3n) is 5.05. The van der Waals surface area contributed by atoms with Crippen LogP contribution in [0.25, 0.3) is 15.9 Å². The number of methoxy groups -OCH3 is 1. The van der Waals surface area contributed by atoms with E-state index in [1.165, 1.54) is 0 Å². The Hall–Kier alpha value is -3.18. The topological polar surface area (TPSA) is 73.6 Å². The molecule has 2 N–H and O–H groups in total. The van der Waals surface area contributed by atoms with Crippen LogP contribution in [0.2, 0.25) is 0 Å². The van der Waals surface area contributed by atoms with Crippen molar-refractivity contribution < 1.29 is 9.13 Å². The molecular formula is C20H21FN6O. The van der Waals surface area contributed by atoms with Crippen molar-refractivity contribution in [3.05, 3.63) is 53.6 Å². The third-order valence-corrected chi connectivity index (χ3v) is 5.05. The molecule has 7 nitrogen and oxygen atoms in total. The number of pyridine rings is 1. The summed E-state index contributed by atoms with van der Waals surface area (Å²) in [7, 11) is 1.61. The Morgan fingerprint density at radius 3 is 2.89 bits per heavy atom. The molecule has 8 heteroatoms. The molecule has 2 aromatic heterocycles. The lowest BCUT2D eigenvalue weighted by Gasteiger charge is -2.34. The van der Waals surface area contributed by atoms with Gasteiger partial charge in [-0.25, -0.2) is 14.2 Å². The van der Waals surface area contributed by atoms with Crippen molar-refractivity contribution >= 4 is 22.7 Å². The molecule has 3 heterocycles. The molecule has 0 radical (unpaired) electrons. The maximum Gasteiger partial charge on any atom is 0.207 e. The van der Waals surface area contributed by atoms with Crippen molar-refractivity contribution in [3.63, 3.8) is 0 Å². The second kappa shape index (κ2) is 7.44. The van der Waals surface area contributed by atoms with Crippen LogP contribution in [0.15, 0.2) is 36.5 Å². The fourth-order valence-electron chi connectivity index (χ4n) is 3.54. The van der Waals surface area contributed by atoms with Gasteiger partial charge in [-0.1, -0.05) is 12.1 Å². The molecule has 3 aromatic rings. The van der Waals surface area contributed by atoms with E-state index in [0.717, 1.165) is 22.7 Å². The van der Waals surface area contributed by atoms with Gasteiger partial charge in [0, 0.05) is 19.3 Å². The minimum Gasteiger partial charge on any atom is -0.494 e. The maximum atomic E-state index is 13.9. The fourth-order valence-corrected chi connectivity index (χ4v) is 3.54. The molecule has 4 rings (SSSR count). The number of hydrogen-bond acceptors (Lipinski definition) is 5. The van der Waals surface area contributed by atoms with E-state index in [1.54, 1.807) is 19.4 Å². The zero-order valence-corrected chi connectivity index (χ0v) is 15.5. The van der Waals surface area contributed by atoms with Gasteiger partial charge in [0.2, 0.25) is 11.6 Å². The van der Waals surface area contributed by atoms with Crippen LogP contribution >= 0.6 is 0 Å². The van der Waals surface area contributed by atoms with Crippen molar-refractivity contribution in [2.75, 3.05) is 25.1 Å². The summed E-state index contributed by atoms with van der Waals surface area (Å²) in [6.45, 7) is 8.49. The van der Waals surface area contributed by atoms with E-state index in [9.17, 15) is 4.39 Å². The molecule has 144 valence electrons. The highest BCUT2D eigenvalue weighted by atomic mass is 19.1. The molecule has 1 fully saturated rings. The summed E-state index contributed by atoms with van der Waals surface area (Å²) < 4.78 is 21.4. The number of alkyl halides is 1. The molecular weight excluding hydrogens is 359 g/mol. The summed E-state index contributed by atoms with van der Waals surface area (Å²) in [6, 6.07) is 8.80. The highest BCUT2D eigenvalue weighted by Crippen LogP contribution is 2.31. The van der Waals surface area contributed by atoms with Crippen LogP contribution in [0, 0.1) is 6.57 Å². The van der Waals surface area contributed by atoms with E-state index >= 15 is 0 Å². The second-order valence-electron chi connectivity index (χ2n) is 6.86. The van der Waals surface area contributed by atoms with Crippen molar-refractivity contribution in [1.82, 2.24) is 14.5 Å². The third kappa shape index (κ3) is 3.25. The second-order valence-corrected chi connectivity index (χ2v) is 6.86. The lowest BCUT2D eigenvalue weighted by molar-refractivity contribution is 0.243. The van der Waals surface area contributed by atoms with E-state index < -0.39 is 12.2 Å². The number of para-hydroxylation sites is 1. The average molecular weight is 380 g/mol. The van der Waals surface area contributed by atoms with E-state index in [2.05, 4.69) is 9.83 Å². The van der Waals surface area contributed by atoms with Crippen LogP contribution in [-0.2, 0) is 6.54 Å². The van der Waals surface area contributed by atoms with E-state index in [0.29, 0.717) is 37.5 Å². The van der Waals surface area contributed by atoms with Gasteiger partial charge in [-0.05, 0) is 24.6 Å². The molecule has 0 bridgehead atoms. The number of piperidine rings is 1. The zero-order valence-electron chi connectivity index (χ0n) is 15.5. The summed E-state index contributed by atoms with van der Waals surface area (Å²) in [5, 5.41) is 0. The summed E-state index contributed by atoms with van der Waals surface area (Å²) in [5.41, 5.74) is 8.92. The van der Waals surface area contributed by atoms with Gasteiger partial charge in [0.25, 0.3) is 0 Å². The van der Waals surface area contributed by atoms with E-state index in [-0.39, 0.29) is 0 Å². The lowest BCUT2D eigenvalue weighted by Crippen LogP contribution is -2.50. The van der Waals surface area contributed by atoms with Crippen LogP contribution in [0.4, 0.5) is 16.0 Å². The Labute approximate surface area is 162 Å². The molecule has 28 heavy (non-hydrogen) atoms. The normalized spacial score (nSPS) is 19.6. The van der Waals surface area contributed by atoms with Gasteiger partial charge in [0.1, 0.15) is 17.4 Å². The van der Waals surface area contributed by atoms with Crippen molar-refractivity contribution in [3.8, 4) is 5.75 Å². The number of anilines is 1. The minimum atomic E-state index is -0.994. The van der Waals surface area contributed by atoms with Crippen molar-refractivity contribution in [2.45, 2.75) is 25.2 Å². The number of benzene rings is 1.